The second kappa shape index (κ2) is 2.47. The maximum atomic E-state index is 10.7. The number of nitrogens with zero attached hydrogens (tertiary/aromatic N) is 1. The molecule has 0 saturated heterocycles. The number of pyridine rings is 1. The van der Waals surface area contributed by atoms with Gasteiger partial charge in [0.25, 0.3) is 0 Å². The number of hydrogen-bond acceptors (Lipinski definition) is 2. The van der Waals surface area contributed by atoms with Crippen LogP contribution in [0.5, 0.6) is 0 Å². The molecular formula is C7H7NO2. The Hall–Kier alpha value is -1.38. The molecule has 0 aromatic carbocycles. The highest BCUT2D eigenvalue weighted by Gasteiger charge is 1.97. The van der Waals surface area contributed by atoms with Gasteiger partial charge in [-0.2, -0.15) is 4.73 Å². The molecule has 0 radical (unpaired) electrons. The number of aromatic nitrogens is 1. The largest absolute Gasteiger partial charge is 0.619 e. The molecule has 0 spiro atoms. The van der Waals surface area contributed by atoms with Gasteiger partial charge in [-0.25, -0.2) is 0 Å². The quantitative estimate of drug-likeness (QED) is 0.320. The Bertz CT molecular complexity index is 258. The molecule has 0 N–H and O–H groups in total. The molecule has 10 heavy (non-hydrogen) atoms. The van der Waals surface area contributed by atoms with Crippen molar-refractivity contribution in [2.75, 3.05) is 0 Å². The first-order valence-electron chi connectivity index (χ1n) is 2.89. The molecule has 1 rings (SSSR count). The monoisotopic (exact) mass is 137 g/mol. The minimum Gasteiger partial charge on any atom is -0.619 e. The van der Waals surface area contributed by atoms with Crippen molar-refractivity contribution in [3.63, 3.8) is 0 Å². The van der Waals surface area contributed by atoms with Gasteiger partial charge >= 0.3 is 0 Å². The summed E-state index contributed by atoms with van der Waals surface area (Å²) in [6, 6.07) is 3.02. The van der Waals surface area contributed by atoms with Crippen LogP contribution < -0.4 is 4.73 Å². The third kappa shape index (κ3) is 1.13. The summed E-state index contributed by atoms with van der Waals surface area (Å²) in [7, 11) is 0. The molecule has 0 amide bonds. The van der Waals surface area contributed by atoms with Gasteiger partial charge in [0.15, 0.2) is 18.2 Å². The van der Waals surface area contributed by atoms with Crippen LogP contribution in [0.1, 0.15) is 16.1 Å². The fourth-order valence-electron chi connectivity index (χ4n) is 0.698. The Morgan fingerprint density at radius 3 is 2.90 bits per heavy atom. The van der Waals surface area contributed by atoms with E-state index in [-0.39, 0.29) is 0 Å². The van der Waals surface area contributed by atoms with Crippen molar-refractivity contribution in [3.8, 4) is 0 Å². The molecule has 1 aromatic rings. The van der Waals surface area contributed by atoms with Crippen LogP contribution in [0.25, 0.3) is 0 Å². The van der Waals surface area contributed by atoms with E-state index in [0.717, 1.165) is 0 Å². The standard InChI is InChI=1S/C7H7NO2/c1-6-4-7(5-9)2-3-8(6)10/h2-5H,1H3. The van der Waals surface area contributed by atoms with Crippen molar-refractivity contribution in [3.05, 3.63) is 34.8 Å². The Labute approximate surface area is 58.5 Å². The van der Waals surface area contributed by atoms with Crippen molar-refractivity contribution < 1.29 is 9.52 Å². The first-order valence-corrected chi connectivity index (χ1v) is 2.89. The van der Waals surface area contributed by atoms with Crippen LogP contribution in [-0.2, 0) is 0 Å². The van der Waals surface area contributed by atoms with E-state index < -0.39 is 0 Å². The minimum atomic E-state index is 0.532. The summed E-state index contributed by atoms with van der Waals surface area (Å²) < 4.78 is 0.715. The van der Waals surface area contributed by atoms with E-state index >= 15 is 0 Å². The Morgan fingerprint density at radius 2 is 2.40 bits per heavy atom. The van der Waals surface area contributed by atoms with E-state index in [4.69, 9.17) is 0 Å². The van der Waals surface area contributed by atoms with Gasteiger partial charge in [0.05, 0.1) is 0 Å². The van der Waals surface area contributed by atoms with Gasteiger partial charge < -0.3 is 5.21 Å². The van der Waals surface area contributed by atoms with Gasteiger partial charge in [-0.15, -0.1) is 0 Å². The summed E-state index contributed by atoms with van der Waals surface area (Å²) in [5.74, 6) is 0. The normalized spacial score (nSPS) is 9.30. The molecule has 52 valence electrons. The Morgan fingerprint density at radius 1 is 1.70 bits per heavy atom. The van der Waals surface area contributed by atoms with Crippen molar-refractivity contribution in [1.29, 1.82) is 0 Å². The fraction of sp³-hybridized carbons (Fsp3) is 0.143. The van der Waals surface area contributed by atoms with Crippen LogP contribution in [0.3, 0.4) is 0 Å². The summed E-state index contributed by atoms with van der Waals surface area (Å²) in [5, 5.41) is 10.7. The molecule has 1 aromatic heterocycles. The van der Waals surface area contributed by atoms with Crippen molar-refractivity contribution >= 4 is 6.29 Å². The first-order chi connectivity index (χ1) is 4.74. The van der Waals surface area contributed by atoms with Gasteiger partial charge in [-0.05, 0) is 0 Å². The van der Waals surface area contributed by atoms with Gasteiger partial charge in [0.1, 0.15) is 0 Å². The molecule has 0 aliphatic carbocycles. The van der Waals surface area contributed by atoms with E-state index in [1.807, 2.05) is 0 Å². The lowest BCUT2D eigenvalue weighted by molar-refractivity contribution is -0.612. The smallest absolute Gasteiger partial charge is 0.190 e. The fourth-order valence-corrected chi connectivity index (χ4v) is 0.698. The molecular weight excluding hydrogens is 130 g/mol. The molecule has 0 bridgehead atoms. The van der Waals surface area contributed by atoms with Crippen LogP contribution in [0.15, 0.2) is 18.3 Å². The van der Waals surface area contributed by atoms with Gasteiger partial charge in [0.2, 0.25) is 0 Å². The second-order valence-corrected chi connectivity index (χ2v) is 2.05. The zero-order valence-corrected chi connectivity index (χ0v) is 5.57. The molecule has 0 saturated carbocycles. The lowest BCUT2D eigenvalue weighted by atomic mass is 10.2. The van der Waals surface area contributed by atoms with E-state index in [1.54, 1.807) is 13.0 Å². The SMILES string of the molecule is Cc1cc(C=O)cc[n+]1[O-]. The zero-order valence-electron chi connectivity index (χ0n) is 5.57. The number of carbonyl (C=O) groups excluding carboxylic acids is 1. The highest BCUT2D eigenvalue weighted by Crippen LogP contribution is 1.93. The Kier molecular flexibility index (Phi) is 1.67. The minimum absolute atomic E-state index is 0.532. The summed E-state index contributed by atoms with van der Waals surface area (Å²) >= 11 is 0. The average molecular weight is 137 g/mol. The van der Waals surface area contributed by atoms with Crippen molar-refractivity contribution in [2.24, 2.45) is 0 Å². The average Bonchev–Trinajstić information content (AvgIpc) is 1.95. The maximum Gasteiger partial charge on any atom is 0.190 e. The van der Waals surface area contributed by atoms with Crippen LogP contribution >= 0.6 is 0 Å². The van der Waals surface area contributed by atoms with E-state index in [1.165, 1.54) is 12.3 Å². The van der Waals surface area contributed by atoms with E-state index in [2.05, 4.69) is 0 Å². The molecule has 0 atom stereocenters. The van der Waals surface area contributed by atoms with Gasteiger partial charge in [-0.1, -0.05) is 0 Å². The van der Waals surface area contributed by atoms with E-state index in [9.17, 15) is 10.0 Å². The summed E-state index contributed by atoms with van der Waals surface area (Å²) in [4.78, 5) is 10.2. The molecule has 0 fully saturated rings. The highest BCUT2D eigenvalue weighted by atomic mass is 16.5. The number of aldehydes is 1. The predicted octanol–water partition coefficient (Wildman–Crippen LogP) is 0.441. The van der Waals surface area contributed by atoms with Crippen molar-refractivity contribution in [1.82, 2.24) is 0 Å². The predicted molar refractivity (Wildman–Crippen MR) is 35.5 cm³/mol. The number of rotatable bonds is 1. The molecule has 0 aliphatic rings. The van der Waals surface area contributed by atoms with Crippen LogP contribution in [0, 0.1) is 12.1 Å². The molecule has 0 aliphatic heterocycles. The van der Waals surface area contributed by atoms with E-state index in [0.29, 0.717) is 22.3 Å². The van der Waals surface area contributed by atoms with Crippen molar-refractivity contribution in [2.45, 2.75) is 6.92 Å². The number of carbonyl (C=O) groups is 1. The summed E-state index contributed by atoms with van der Waals surface area (Å²) in [6.45, 7) is 1.65. The summed E-state index contributed by atoms with van der Waals surface area (Å²) in [6.07, 6.45) is 2.03. The summed E-state index contributed by atoms with van der Waals surface area (Å²) in [5.41, 5.74) is 1.06. The topological polar surface area (TPSA) is 44.0 Å². The number of aryl methyl sites for hydroxylation is 1. The molecule has 1 heterocycles. The lowest BCUT2D eigenvalue weighted by Gasteiger charge is -1.98. The second-order valence-electron chi connectivity index (χ2n) is 2.05. The Balaban J connectivity index is 3.16. The zero-order chi connectivity index (χ0) is 7.56. The van der Waals surface area contributed by atoms with Crippen LogP contribution in [-0.4, -0.2) is 6.29 Å². The first kappa shape index (κ1) is 6.74. The van der Waals surface area contributed by atoms with Crippen LogP contribution in [0.4, 0.5) is 0 Å². The third-order valence-electron chi connectivity index (χ3n) is 1.26. The number of hydrogen-bond donors (Lipinski definition) is 0. The highest BCUT2D eigenvalue weighted by molar-refractivity contribution is 5.74. The van der Waals surface area contributed by atoms with Gasteiger partial charge in [-0.3, -0.25) is 4.79 Å². The lowest BCUT2D eigenvalue weighted by Crippen LogP contribution is -2.29. The van der Waals surface area contributed by atoms with Crippen LogP contribution in [0.2, 0.25) is 0 Å². The third-order valence-corrected chi connectivity index (χ3v) is 1.26. The van der Waals surface area contributed by atoms with Gasteiger partial charge in [0, 0.05) is 24.6 Å². The molecule has 3 nitrogen and oxygen atoms in total. The molecule has 3 heteroatoms. The molecule has 0 unspecified atom stereocenters. The maximum absolute atomic E-state index is 10.7.